The topological polar surface area (TPSA) is 59.1 Å². The highest BCUT2D eigenvalue weighted by Gasteiger charge is 2.35. The summed E-state index contributed by atoms with van der Waals surface area (Å²) in [6.07, 6.45) is 6.45. The Morgan fingerprint density at radius 1 is 1.56 bits per heavy atom. The highest BCUT2D eigenvalue weighted by atomic mass is 16.3. The average Bonchev–Trinajstić information content (AvgIpc) is 2.32. The number of nitrogens with zero attached hydrogens (tertiary/aromatic N) is 1. The summed E-state index contributed by atoms with van der Waals surface area (Å²) in [5, 5.41) is 10.8. The second kappa shape index (κ2) is 5.27. The highest BCUT2D eigenvalue weighted by Crippen LogP contribution is 2.38. The lowest BCUT2D eigenvalue weighted by Gasteiger charge is -2.38. The Kier molecular flexibility index (Phi) is 3.91. The number of aliphatic hydroxyl groups is 1. The van der Waals surface area contributed by atoms with Crippen LogP contribution in [0.15, 0.2) is 18.3 Å². The summed E-state index contributed by atoms with van der Waals surface area (Å²) in [6.45, 7) is 4.49. The Morgan fingerprint density at radius 2 is 2.33 bits per heavy atom. The van der Waals surface area contributed by atoms with Gasteiger partial charge >= 0.3 is 0 Å². The first-order chi connectivity index (χ1) is 8.50. The summed E-state index contributed by atoms with van der Waals surface area (Å²) in [6, 6.07) is 3.86. The van der Waals surface area contributed by atoms with Gasteiger partial charge < -0.3 is 10.8 Å². The summed E-state index contributed by atoms with van der Waals surface area (Å²) in [7, 11) is 0. The number of hydrogen-bond donors (Lipinski definition) is 2. The first kappa shape index (κ1) is 13.3. The van der Waals surface area contributed by atoms with Crippen LogP contribution in [0.4, 0.5) is 5.82 Å². The normalized spacial score (nSPS) is 28.6. The maximum atomic E-state index is 10.8. The van der Waals surface area contributed by atoms with Gasteiger partial charge in [0.05, 0.1) is 5.60 Å². The summed E-state index contributed by atoms with van der Waals surface area (Å²) >= 11 is 0. The fourth-order valence-corrected chi connectivity index (χ4v) is 3.07. The predicted molar refractivity (Wildman–Crippen MR) is 74.1 cm³/mol. The molecule has 0 aromatic carbocycles. The minimum absolute atomic E-state index is 0.553. The van der Waals surface area contributed by atoms with E-state index in [4.69, 9.17) is 5.73 Å². The van der Waals surface area contributed by atoms with E-state index in [1.807, 2.05) is 12.1 Å². The van der Waals surface area contributed by atoms with Crippen molar-refractivity contribution in [3.8, 4) is 0 Å². The van der Waals surface area contributed by atoms with Crippen molar-refractivity contribution in [2.75, 3.05) is 5.73 Å². The van der Waals surface area contributed by atoms with E-state index < -0.39 is 5.60 Å². The Bertz CT molecular complexity index is 405. The van der Waals surface area contributed by atoms with Crippen LogP contribution in [0.1, 0.15) is 45.1 Å². The largest absolute Gasteiger partial charge is 0.390 e. The van der Waals surface area contributed by atoms with E-state index in [-0.39, 0.29) is 0 Å². The fourth-order valence-electron chi connectivity index (χ4n) is 3.07. The van der Waals surface area contributed by atoms with Crippen molar-refractivity contribution in [1.29, 1.82) is 0 Å². The summed E-state index contributed by atoms with van der Waals surface area (Å²) in [4.78, 5) is 4.10. The van der Waals surface area contributed by atoms with Gasteiger partial charge in [0.1, 0.15) is 5.82 Å². The van der Waals surface area contributed by atoms with Crippen molar-refractivity contribution in [2.45, 2.75) is 51.6 Å². The third kappa shape index (κ3) is 3.02. The number of nitrogens with two attached hydrogens (primary N) is 1. The van der Waals surface area contributed by atoms with Crippen LogP contribution in [0.5, 0.6) is 0 Å². The smallest absolute Gasteiger partial charge is 0.126 e. The molecule has 0 aliphatic heterocycles. The van der Waals surface area contributed by atoms with Crippen molar-refractivity contribution in [2.24, 2.45) is 11.8 Å². The van der Waals surface area contributed by atoms with E-state index >= 15 is 0 Å². The molecule has 2 unspecified atom stereocenters. The molecular weight excluding hydrogens is 224 g/mol. The molecule has 0 saturated heterocycles. The molecule has 0 amide bonds. The van der Waals surface area contributed by atoms with Gasteiger partial charge in [0, 0.05) is 12.6 Å². The molecule has 0 spiro atoms. The molecule has 18 heavy (non-hydrogen) atoms. The van der Waals surface area contributed by atoms with E-state index in [1.54, 1.807) is 6.20 Å². The van der Waals surface area contributed by atoms with Crippen LogP contribution in [0.25, 0.3) is 0 Å². The quantitative estimate of drug-likeness (QED) is 0.864. The van der Waals surface area contributed by atoms with Gasteiger partial charge in [-0.2, -0.15) is 0 Å². The third-order valence-corrected chi connectivity index (χ3v) is 4.25. The van der Waals surface area contributed by atoms with Crippen molar-refractivity contribution in [3.63, 3.8) is 0 Å². The van der Waals surface area contributed by atoms with Gasteiger partial charge in [-0.3, -0.25) is 0 Å². The van der Waals surface area contributed by atoms with Gasteiger partial charge in [-0.1, -0.05) is 26.3 Å². The van der Waals surface area contributed by atoms with E-state index in [1.165, 1.54) is 6.42 Å². The summed E-state index contributed by atoms with van der Waals surface area (Å²) in [5.74, 6) is 1.82. The van der Waals surface area contributed by atoms with Gasteiger partial charge in [0.25, 0.3) is 0 Å². The maximum Gasteiger partial charge on any atom is 0.126 e. The second-order valence-electron chi connectivity index (χ2n) is 6.05. The SMILES string of the molecule is CC(C)C1CCCC(O)(Cc2cccnc2N)C1. The van der Waals surface area contributed by atoms with E-state index in [0.29, 0.717) is 24.1 Å². The molecule has 1 aromatic heterocycles. The van der Waals surface area contributed by atoms with Crippen LogP contribution in [-0.2, 0) is 6.42 Å². The molecular formula is C15H24N2O. The lowest BCUT2D eigenvalue weighted by atomic mass is 9.71. The van der Waals surface area contributed by atoms with E-state index in [9.17, 15) is 5.11 Å². The number of pyridine rings is 1. The molecule has 100 valence electrons. The highest BCUT2D eigenvalue weighted by molar-refractivity contribution is 5.39. The number of anilines is 1. The van der Waals surface area contributed by atoms with Crippen LogP contribution in [0.3, 0.4) is 0 Å². The zero-order chi connectivity index (χ0) is 13.2. The molecule has 2 atom stereocenters. The predicted octanol–water partition coefficient (Wildman–Crippen LogP) is 2.78. The second-order valence-corrected chi connectivity index (χ2v) is 6.05. The first-order valence-electron chi connectivity index (χ1n) is 6.92. The monoisotopic (exact) mass is 248 g/mol. The van der Waals surface area contributed by atoms with Gasteiger partial charge in [0.2, 0.25) is 0 Å². The van der Waals surface area contributed by atoms with E-state index in [2.05, 4.69) is 18.8 Å². The minimum Gasteiger partial charge on any atom is -0.390 e. The molecule has 1 aliphatic rings. The summed E-state index contributed by atoms with van der Waals surface area (Å²) < 4.78 is 0. The molecule has 1 saturated carbocycles. The lowest BCUT2D eigenvalue weighted by Crippen LogP contribution is -2.39. The molecule has 1 fully saturated rings. The fraction of sp³-hybridized carbons (Fsp3) is 0.667. The van der Waals surface area contributed by atoms with Crippen LogP contribution in [0.2, 0.25) is 0 Å². The van der Waals surface area contributed by atoms with Crippen LogP contribution in [-0.4, -0.2) is 15.7 Å². The molecule has 3 heteroatoms. The Balaban J connectivity index is 2.09. The Hall–Kier alpha value is -1.09. The number of hydrogen-bond acceptors (Lipinski definition) is 3. The first-order valence-corrected chi connectivity index (χ1v) is 6.92. The van der Waals surface area contributed by atoms with E-state index in [0.717, 1.165) is 24.8 Å². The zero-order valence-electron chi connectivity index (χ0n) is 11.4. The molecule has 3 N–H and O–H groups in total. The van der Waals surface area contributed by atoms with Gasteiger partial charge in [-0.15, -0.1) is 0 Å². The Morgan fingerprint density at radius 3 is 3.00 bits per heavy atom. The van der Waals surface area contributed by atoms with Gasteiger partial charge in [-0.05, 0) is 42.7 Å². The van der Waals surface area contributed by atoms with Crippen LogP contribution < -0.4 is 5.73 Å². The molecule has 1 heterocycles. The molecule has 1 aromatic rings. The van der Waals surface area contributed by atoms with Crippen LogP contribution in [0, 0.1) is 11.8 Å². The van der Waals surface area contributed by atoms with Crippen molar-refractivity contribution >= 4 is 5.82 Å². The van der Waals surface area contributed by atoms with Gasteiger partial charge in [-0.25, -0.2) is 4.98 Å². The average molecular weight is 248 g/mol. The molecule has 3 nitrogen and oxygen atoms in total. The number of rotatable bonds is 3. The summed E-state index contributed by atoms with van der Waals surface area (Å²) in [5.41, 5.74) is 6.25. The number of aromatic nitrogens is 1. The van der Waals surface area contributed by atoms with Crippen molar-refractivity contribution in [1.82, 2.24) is 4.98 Å². The minimum atomic E-state index is -0.593. The standard InChI is InChI=1S/C15H24N2O/c1-11(2)12-5-3-7-15(18,9-12)10-13-6-4-8-17-14(13)16/h4,6,8,11-12,18H,3,5,7,9-10H2,1-2H3,(H2,16,17). The molecule has 2 rings (SSSR count). The molecule has 1 aliphatic carbocycles. The lowest BCUT2D eigenvalue weighted by molar-refractivity contribution is -0.0239. The molecule has 0 bridgehead atoms. The Labute approximate surface area is 109 Å². The van der Waals surface area contributed by atoms with Gasteiger partial charge in [0.15, 0.2) is 0 Å². The number of nitrogen functional groups attached to an aromatic ring is 1. The van der Waals surface area contributed by atoms with Crippen molar-refractivity contribution in [3.05, 3.63) is 23.9 Å². The maximum absolute atomic E-state index is 10.8. The zero-order valence-corrected chi connectivity index (χ0v) is 11.4. The molecule has 0 radical (unpaired) electrons. The van der Waals surface area contributed by atoms with Crippen molar-refractivity contribution < 1.29 is 5.11 Å². The third-order valence-electron chi connectivity index (χ3n) is 4.25. The van der Waals surface area contributed by atoms with Crippen LogP contribution >= 0.6 is 0 Å².